The number of pyridine rings is 2. The highest BCUT2D eigenvalue weighted by molar-refractivity contribution is 7.15. The summed E-state index contributed by atoms with van der Waals surface area (Å²) < 4.78 is 5.45. The van der Waals surface area contributed by atoms with Gasteiger partial charge in [-0.15, -0.1) is 11.3 Å². The summed E-state index contributed by atoms with van der Waals surface area (Å²) in [6.07, 6.45) is 5.24. The molecule has 2 N–H and O–H groups in total. The molecule has 1 aliphatic heterocycles. The second-order valence-electron chi connectivity index (χ2n) is 9.09. The van der Waals surface area contributed by atoms with Crippen LogP contribution in [0, 0.1) is 12.8 Å². The first-order chi connectivity index (χ1) is 17.3. The van der Waals surface area contributed by atoms with Gasteiger partial charge in [0, 0.05) is 46.9 Å². The van der Waals surface area contributed by atoms with Crippen molar-refractivity contribution in [2.24, 2.45) is 5.92 Å². The number of ether oxygens (including phenoxy) is 1. The quantitative estimate of drug-likeness (QED) is 0.487. The van der Waals surface area contributed by atoms with Crippen LogP contribution in [0.25, 0.3) is 11.1 Å². The van der Waals surface area contributed by atoms with E-state index in [0.717, 1.165) is 16.3 Å². The van der Waals surface area contributed by atoms with Crippen molar-refractivity contribution in [1.29, 1.82) is 0 Å². The van der Waals surface area contributed by atoms with Crippen LogP contribution in [-0.2, 0) is 17.6 Å². The number of β-amino-alcohol motifs (C(OH)–C–C–N with tert-alkyl or cyclic N) is 1. The minimum absolute atomic E-state index is 0.0940. The number of likely N-dealkylation sites (tertiary alicyclic amines) is 1. The molecule has 1 fully saturated rings. The van der Waals surface area contributed by atoms with Crippen molar-refractivity contribution < 1.29 is 19.4 Å². The molecule has 36 heavy (non-hydrogen) atoms. The number of hydrogen-bond donors (Lipinski definition) is 2. The number of nitrogens with zero attached hydrogens (tertiary/aromatic N) is 4. The predicted octanol–water partition coefficient (Wildman–Crippen LogP) is 3.52. The molecule has 9 nitrogen and oxygen atoms in total. The van der Waals surface area contributed by atoms with E-state index in [-0.39, 0.29) is 22.9 Å². The van der Waals surface area contributed by atoms with Crippen molar-refractivity contribution in [1.82, 2.24) is 19.9 Å². The largest absolute Gasteiger partial charge is 0.494 e. The van der Waals surface area contributed by atoms with Crippen LogP contribution in [0.3, 0.4) is 0 Å². The second kappa shape index (κ2) is 10.1. The monoisotopic (exact) mass is 527 g/mol. The minimum Gasteiger partial charge on any atom is -0.494 e. The summed E-state index contributed by atoms with van der Waals surface area (Å²) in [6.45, 7) is 2.86. The Bertz CT molecular complexity index is 1330. The average molecular weight is 528 g/mol. The fourth-order valence-corrected chi connectivity index (χ4v) is 6.00. The molecule has 1 saturated heterocycles. The van der Waals surface area contributed by atoms with Crippen LogP contribution in [0.1, 0.15) is 39.5 Å². The van der Waals surface area contributed by atoms with E-state index in [9.17, 15) is 14.7 Å². The highest BCUT2D eigenvalue weighted by atomic mass is 35.5. The van der Waals surface area contributed by atoms with Gasteiger partial charge in [0.05, 0.1) is 30.7 Å². The molecule has 1 aliphatic carbocycles. The van der Waals surface area contributed by atoms with Crippen LogP contribution in [0.15, 0.2) is 24.5 Å². The number of thiazole rings is 1. The van der Waals surface area contributed by atoms with E-state index in [1.165, 1.54) is 30.8 Å². The number of aromatic nitrogens is 3. The van der Waals surface area contributed by atoms with E-state index < -0.39 is 6.10 Å². The summed E-state index contributed by atoms with van der Waals surface area (Å²) >= 11 is 7.53. The van der Waals surface area contributed by atoms with Crippen LogP contribution in [0.5, 0.6) is 5.75 Å². The molecular formula is C25H26ClN5O4S. The molecule has 0 bridgehead atoms. The summed E-state index contributed by atoms with van der Waals surface area (Å²) in [5.41, 5.74) is 3.28. The molecule has 188 valence electrons. The number of anilines is 1. The van der Waals surface area contributed by atoms with Gasteiger partial charge >= 0.3 is 0 Å². The third kappa shape index (κ3) is 4.93. The topological polar surface area (TPSA) is 118 Å². The molecule has 0 saturated carbocycles. The Labute approximate surface area is 217 Å². The lowest BCUT2D eigenvalue weighted by molar-refractivity contribution is -0.135. The summed E-state index contributed by atoms with van der Waals surface area (Å²) in [5, 5.41) is 13.5. The van der Waals surface area contributed by atoms with Crippen molar-refractivity contribution in [3.05, 3.63) is 51.5 Å². The van der Waals surface area contributed by atoms with Crippen molar-refractivity contribution in [2.75, 3.05) is 25.5 Å². The van der Waals surface area contributed by atoms with Gasteiger partial charge in [0.1, 0.15) is 10.9 Å². The molecule has 0 radical (unpaired) electrons. The van der Waals surface area contributed by atoms with Crippen molar-refractivity contribution in [3.8, 4) is 16.9 Å². The molecule has 3 aromatic rings. The van der Waals surface area contributed by atoms with Crippen LogP contribution in [0.4, 0.5) is 5.13 Å². The molecule has 3 aromatic heterocycles. The van der Waals surface area contributed by atoms with E-state index >= 15 is 0 Å². The molecule has 4 heterocycles. The lowest BCUT2D eigenvalue weighted by Crippen LogP contribution is -2.37. The minimum atomic E-state index is -0.428. The van der Waals surface area contributed by atoms with Crippen LogP contribution >= 0.6 is 22.9 Å². The Morgan fingerprint density at radius 2 is 2.06 bits per heavy atom. The number of nitrogens with one attached hydrogen (secondary N) is 1. The fourth-order valence-electron chi connectivity index (χ4n) is 4.76. The number of amides is 2. The normalized spacial score (nSPS) is 19.2. The number of hydrogen-bond acceptors (Lipinski definition) is 8. The molecule has 2 amide bonds. The molecule has 2 aliphatic rings. The van der Waals surface area contributed by atoms with E-state index in [4.69, 9.17) is 16.3 Å². The maximum atomic E-state index is 13.3. The van der Waals surface area contributed by atoms with Gasteiger partial charge in [-0.1, -0.05) is 11.6 Å². The smallest absolute Gasteiger partial charge is 0.259 e. The highest BCUT2D eigenvalue weighted by Crippen LogP contribution is 2.36. The first-order valence-electron chi connectivity index (χ1n) is 11.8. The number of methoxy groups -OCH3 is 1. The van der Waals surface area contributed by atoms with E-state index in [0.29, 0.717) is 66.3 Å². The van der Waals surface area contributed by atoms with Crippen molar-refractivity contribution in [3.63, 3.8) is 0 Å². The number of aliphatic hydroxyl groups excluding tert-OH is 1. The number of rotatable bonds is 5. The van der Waals surface area contributed by atoms with Gasteiger partial charge in [-0.2, -0.15) is 0 Å². The zero-order chi connectivity index (χ0) is 25.4. The number of carbonyl (C=O) groups excluding carboxylic acids is 2. The Morgan fingerprint density at radius 3 is 2.81 bits per heavy atom. The number of halogens is 1. The van der Waals surface area contributed by atoms with Gasteiger partial charge in [0.25, 0.3) is 5.91 Å². The first-order valence-corrected chi connectivity index (χ1v) is 12.9. The zero-order valence-electron chi connectivity index (χ0n) is 20.0. The van der Waals surface area contributed by atoms with Crippen LogP contribution < -0.4 is 10.1 Å². The highest BCUT2D eigenvalue weighted by Gasteiger charge is 2.33. The van der Waals surface area contributed by atoms with Crippen LogP contribution in [-0.4, -0.2) is 63.1 Å². The van der Waals surface area contributed by atoms with Gasteiger partial charge in [-0.3, -0.25) is 19.9 Å². The van der Waals surface area contributed by atoms with Crippen molar-refractivity contribution in [2.45, 2.75) is 38.7 Å². The Balaban J connectivity index is 1.36. The number of aryl methyl sites for hydroxylation is 2. The standard InChI is InChI=1S/C25H26ClN5O4S/c1-13-7-16(17-9-22(26)28-11-20(17)35-2)18(10-27-13)23(33)30-25-29-19-4-3-14(8-21(19)36-25)24(34)31-6-5-15(32)12-31/h7,9-11,14-15,32H,3-6,8,12H2,1-2H3,(H,29,30,33)/t14-,15-/m0/s1. The molecule has 11 heteroatoms. The third-order valence-corrected chi connectivity index (χ3v) is 7.86. The Kier molecular flexibility index (Phi) is 6.92. The summed E-state index contributed by atoms with van der Waals surface area (Å²) in [5.74, 6) is 0.113. The zero-order valence-corrected chi connectivity index (χ0v) is 21.5. The predicted molar refractivity (Wildman–Crippen MR) is 137 cm³/mol. The lowest BCUT2D eigenvalue weighted by Gasteiger charge is -2.25. The van der Waals surface area contributed by atoms with Gasteiger partial charge in [-0.25, -0.2) is 9.97 Å². The van der Waals surface area contributed by atoms with Crippen LogP contribution in [0.2, 0.25) is 5.15 Å². The van der Waals surface area contributed by atoms with E-state index in [1.807, 2.05) is 13.0 Å². The van der Waals surface area contributed by atoms with Gasteiger partial charge in [-0.05, 0) is 44.7 Å². The first kappa shape index (κ1) is 24.6. The third-order valence-electron chi connectivity index (χ3n) is 6.61. The van der Waals surface area contributed by atoms with E-state index in [2.05, 4.69) is 20.3 Å². The van der Waals surface area contributed by atoms with Gasteiger partial charge in [0.15, 0.2) is 5.13 Å². The maximum absolute atomic E-state index is 13.3. The van der Waals surface area contributed by atoms with Gasteiger partial charge < -0.3 is 14.7 Å². The average Bonchev–Trinajstić information content (AvgIpc) is 3.48. The number of fused-ring (bicyclic) bond motifs is 1. The molecule has 0 aromatic carbocycles. The summed E-state index contributed by atoms with van der Waals surface area (Å²) in [4.78, 5) is 42.0. The molecule has 5 rings (SSSR count). The van der Waals surface area contributed by atoms with Gasteiger partial charge in [0.2, 0.25) is 5.91 Å². The molecular weight excluding hydrogens is 502 g/mol. The van der Waals surface area contributed by atoms with Crippen molar-refractivity contribution >= 4 is 39.9 Å². The SMILES string of the molecule is COc1cnc(Cl)cc1-c1cc(C)ncc1C(=O)Nc1nc2c(s1)C[C@@H](C(=O)N1CC[C@H](O)C1)CC2. The summed E-state index contributed by atoms with van der Waals surface area (Å²) in [6, 6.07) is 3.46. The second-order valence-corrected chi connectivity index (χ2v) is 10.6. The maximum Gasteiger partial charge on any atom is 0.259 e. The number of aliphatic hydroxyl groups is 1. The Hall–Kier alpha value is -3.08. The fraction of sp³-hybridized carbons (Fsp3) is 0.400. The van der Waals surface area contributed by atoms with E-state index in [1.54, 1.807) is 11.0 Å². The molecule has 2 atom stereocenters. The lowest BCUT2D eigenvalue weighted by atomic mass is 9.90. The number of carbonyl (C=O) groups is 2. The Morgan fingerprint density at radius 1 is 1.22 bits per heavy atom. The molecule has 0 unspecified atom stereocenters. The summed E-state index contributed by atoms with van der Waals surface area (Å²) in [7, 11) is 1.53. The molecule has 0 spiro atoms.